The van der Waals surface area contributed by atoms with Crippen molar-refractivity contribution in [3.05, 3.63) is 0 Å². The SMILES string of the molecule is CN1C2CCC1CN(CC(C)(C)C(C)(C)N)CC2. The molecule has 2 N–H and O–H groups in total. The summed E-state index contributed by atoms with van der Waals surface area (Å²) in [6, 6.07) is 1.60. The maximum absolute atomic E-state index is 6.34. The van der Waals surface area contributed by atoms with Gasteiger partial charge in [0.1, 0.15) is 0 Å². The van der Waals surface area contributed by atoms with E-state index < -0.39 is 0 Å². The summed E-state index contributed by atoms with van der Waals surface area (Å²) < 4.78 is 0. The van der Waals surface area contributed by atoms with Crippen molar-refractivity contribution >= 4 is 0 Å². The Hall–Kier alpha value is -0.120. The number of likely N-dealkylation sites (tertiary alicyclic amines) is 1. The Bertz CT molecular complexity index is 293. The van der Waals surface area contributed by atoms with Crippen molar-refractivity contribution < 1.29 is 0 Å². The predicted molar refractivity (Wildman–Crippen MR) is 77.7 cm³/mol. The van der Waals surface area contributed by atoms with E-state index in [1.54, 1.807) is 0 Å². The Labute approximate surface area is 113 Å². The van der Waals surface area contributed by atoms with E-state index >= 15 is 0 Å². The lowest BCUT2D eigenvalue weighted by molar-refractivity contribution is 0.106. The molecule has 2 fully saturated rings. The van der Waals surface area contributed by atoms with Gasteiger partial charge in [-0.1, -0.05) is 13.8 Å². The largest absolute Gasteiger partial charge is 0.325 e. The van der Waals surface area contributed by atoms with Crippen molar-refractivity contribution in [1.29, 1.82) is 0 Å². The van der Waals surface area contributed by atoms with Crippen LogP contribution in [0.15, 0.2) is 0 Å². The second kappa shape index (κ2) is 4.77. The van der Waals surface area contributed by atoms with E-state index in [0.717, 1.165) is 18.6 Å². The van der Waals surface area contributed by atoms with Gasteiger partial charge in [0.2, 0.25) is 0 Å². The Kier molecular flexibility index (Phi) is 3.79. The van der Waals surface area contributed by atoms with E-state index in [2.05, 4.69) is 44.5 Å². The highest BCUT2D eigenvalue weighted by molar-refractivity contribution is 4.96. The van der Waals surface area contributed by atoms with Crippen molar-refractivity contribution in [3.63, 3.8) is 0 Å². The minimum atomic E-state index is -0.121. The van der Waals surface area contributed by atoms with Gasteiger partial charge in [-0.2, -0.15) is 0 Å². The summed E-state index contributed by atoms with van der Waals surface area (Å²) in [5.41, 5.74) is 6.38. The van der Waals surface area contributed by atoms with E-state index in [1.807, 2.05) is 0 Å². The first kappa shape index (κ1) is 14.3. The van der Waals surface area contributed by atoms with Crippen LogP contribution in [0.2, 0.25) is 0 Å². The van der Waals surface area contributed by atoms with Crippen LogP contribution in [0.4, 0.5) is 0 Å². The van der Waals surface area contributed by atoms with Crippen LogP contribution in [0.5, 0.6) is 0 Å². The van der Waals surface area contributed by atoms with Crippen LogP contribution in [-0.4, -0.2) is 54.1 Å². The molecule has 0 aromatic rings. The highest BCUT2D eigenvalue weighted by atomic mass is 15.3. The van der Waals surface area contributed by atoms with Crippen LogP contribution < -0.4 is 5.73 Å². The van der Waals surface area contributed by atoms with Crippen LogP contribution in [0.25, 0.3) is 0 Å². The van der Waals surface area contributed by atoms with Gasteiger partial charge in [-0.3, -0.25) is 4.90 Å². The Morgan fingerprint density at radius 1 is 1.06 bits per heavy atom. The molecular formula is C15H31N3. The minimum absolute atomic E-state index is 0.121. The summed E-state index contributed by atoms with van der Waals surface area (Å²) in [5.74, 6) is 0. The molecule has 3 nitrogen and oxygen atoms in total. The maximum Gasteiger partial charge on any atom is 0.0223 e. The van der Waals surface area contributed by atoms with Crippen LogP contribution in [0, 0.1) is 5.41 Å². The molecule has 2 bridgehead atoms. The Morgan fingerprint density at radius 2 is 1.67 bits per heavy atom. The van der Waals surface area contributed by atoms with Gasteiger partial charge in [-0.15, -0.1) is 0 Å². The Balaban J connectivity index is 1.99. The summed E-state index contributed by atoms with van der Waals surface area (Å²) in [4.78, 5) is 5.26. The summed E-state index contributed by atoms with van der Waals surface area (Å²) in [6.07, 6.45) is 4.11. The molecule has 0 aromatic carbocycles. The molecule has 0 amide bonds. The molecule has 2 rings (SSSR count). The molecule has 18 heavy (non-hydrogen) atoms. The normalized spacial score (nSPS) is 31.7. The number of nitrogens with zero attached hydrogens (tertiary/aromatic N) is 2. The molecule has 106 valence electrons. The molecule has 2 aliphatic rings. The average molecular weight is 253 g/mol. The molecule has 2 atom stereocenters. The fourth-order valence-electron chi connectivity index (χ4n) is 3.29. The van der Waals surface area contributed by atoms with Crippen molar-refractivity contribution in [3.8, 4) is 0 Å². The first-order chi connectivity index (χ1) is 8.21. The standard InChI is InChI=1S/C15H31N3/c1-14(2,15(3,4)16)11-18-9-8-12-6-7-13(10-18)17(12)5/h12-13H,6-11,16H2,1-5H3. The summed E-state index contributed by atoms with van der Waals surface area (Å²) in [5, 5.41) is 0. The van der Waals surface area contributed by atoms with Crippen molar-refractivity contribution in [2.24, 2.45) is 11.1 Å². The third-order valence-corrected chi connectivity index (χ3v) is 5.60. The lowest BCUT2D eigenvalue weighted by atomic mass is 9.74. The molecule has 2 heterocycles. The summed E-state index contributed by atoms with van der Waals surface area (Å²) >= 11 is 0. The van der Waals surface area contributed by atoms with Gasteiger partial charge in [0, 0.05) is 30.7 Å². The van der Waals surface area contributed by atoms with Gasteiger partial charge in [0.05, 0.1) is 0 Å². The number of fused-ring (bicyclic) bond motifs is 2. The van der Waals surface area contributed by atoms with Crippen LogP contribution in [0.3, 0.4) is 0 Å². The summed E-state index contributed by atoms with van der Waals surface area (Å²) in [7, 11) is 2.31. The zero-order valence-electron chi connectivity index (χ0n) is 12.9. The van der Waals surface area contributed by atoms with E-state index in [9.17, 15) is 0 Å². The maximum atomic E-state index is 6.34. The molecule has 0 aromatic heterocycles. The number of nitrogens with two attached hydrogens (primary N) is 1. The van der Waals surface area contributed by atoms with E-state index in [0.29, 0.717) is 0 Å². The zero-order chi connectivity index (χ0) is 13.6. The number of likely N-dealkylation sites (N-methyl/N-ethyl adjacent to an activating group) is 1. The van der Waals surface area contributed by atoms with Gasteiger partial charge in [0.15, 0.2) is 0 Å². The smallest absolute Gasteiger partial charge is 0.0223 e. The quantitative estimate of drug-likeness (QED) is 0.834. The third-order valence-electron chi connectivity index (χ3n) is 5.60. The topological polar surface area (TPSA) is 32.5 Å². The van der Waals surface area contributed by atoms with Crippen molar-refractivity contribution in [2.75, 3.05) is 26.7 Å². The fraction of sp³-hybridized carbons (Fsp3) is 1.00. The number of rotatable bonds is 3. The number of hydrogen-bond donors (Lipinski definition) is 1. The predicted octanol–water partition coefficient (Wildman–Crippen LogP) is 1.92. The molecule has 2 aliphatic heterocycles. The molecular weight excluding hydrogens is 222 g/mol. The molecule has 0 saturated carbocycles. The lowest BCUT2D eigenvalue weighted by Gasteiger charge is -2.42. The Morgan fingerprint density at radius 3 is 2.28 bits per heavy atom. The first-order valence-electron chi connectivity index (χ1n) is 7.44. The van der Waals surface area contributed by atoms with Gasteiger partial charge in [0.25, 0.3) is 0 Å². The van der Waals surface area contributed by atoms with Gasteiger partial charge in [-0.05, 0) is 52.1 Å². The molecule has 0 spiro atoms. The average Bonchev–Trinajstić information content (AvgIpc) is 2.44. The highest BCUT2D eigenvalue weighted by Crippen LogP contribution is 2.33. The van der Waals surface area contributed by atoms with Crippen LogP contribution in [0.1, 0.15) is 47.0 Å². The van der Waals surface area contributed by atoms with E-state index in [-0.39, 0.29) is 11.0 Å². The minimum Gasteiger partial charge on any atom is -0.325 e. The van der Waals surface area contributed by atoms with Gasteiger partial charge in [-0.25, -0.2) is 0 Å². The second-order valence-corrected chi connectivity index (χ2v) is 7.68. The fourth-order valence-corrected chi connectivity index (χ4v) is 3.29. The third kappa shape index (κ3) is 2.73. The summed E-state index contributed by atoms with van der Waals surface area (Å²) in [6.45, 7) is 12.5. The number of hydrogen-bond acceptors (Lipinski definition) is 3. The van der Waals surface area contributed by atoms with E-state index in [4.69, 9.17) is 5.73 Å². The monoisotopic (exact) mass is 253 g/mol. The van der Waals surface area contributed by atoms with Gasteiger partial charge < -0.3 is 10.6 Å². The lowest BCUT2D eigenvalue weighted by Crippen LogP contribution is -2.54. The molecule has 2 unspecified atom stereocenters. The van der Waals surface area contributed by atoms with Crippen molar-refractivity contribution in [1.82, 2.24) is 9.80 Å². The highest BCUT2D eigenvalue weighted by Gasteiger charge is 2.39. The van der Waals surface area contributed by atoms with Crippen LogP contribution >= 0.6 is 0 Å². The van der Waals surface area contributed by atoms with Crippen molar-refractivity contribution in [2.45, 2.75) is 64.6 Å². The van der Waals surface area contributed by atoms with E-state index in [1.165, 1.54) is 32.4 Å². The molecule has 2 saturated heterocycles. The van der Waals surface area contributed by atoms with Crippen LogP contribution in [-0.2, 0) is 0 Å². The first-order valence-corrected chi connectivity index (χ1v) is 7.44. The molecule has 3 heteroatoms. The zero-order valence-corrected chi connectivity index (χ0v) is 12.9. The van der Waals surface area contributed by atoms with Gasteiger partial charge >= 0.3 is 0 Å². The second-order valence-electron chi connectivity index (χ2n) is 7.68. The molecule has 0 radical (unpaired) electrons. The molecule has 0 aliphatic carbocycles.